The highest BCUT2D eigenvalue weighted by molar-refractivity contribution is 5.87. The van der Waals surface area contributed by atoms with Crippen molar-refractivity contribution in [2.75, 3.05) is 7.11 Å². The zero-order valence-electron chi connectivity index (χ0n) is 18.3. The first-order chi connectivity index (χ1) is 13.8. The number of fused-ring (bicyclic) bond motifs is 4. The van der Waals surface area contributed by atoms with Crippen LogP contribution in [0.3, 0.4) is 0 Å². The molecular weight excluding hydrogens is 364 g/mol. The lowest BCUT2D eigenvalue weighted by Gasteiger charge is -2.53. The van der Waals surface area contributed by atoms with Gasteiger partial charge in [0.15, 0.2) is 0 Å². The van der Waals surface area contributed by atoms with Gasteiger partial charge in [0.25, 0.3) is 0 Å². The van der Waals surface area contributed by atoms with Crippen LogP contribution in [0.2, 0.25) is 0 Å². The summed E-state index contributed by atoms with van der Waals surface area (Å²) < 4.78 is 19.0. The molecule has 1 aliphatic carbocycles. The standard InChI is InChI=1S/C25H34O4/c1-16(2)25-15-20(27-5)24(4,29-25)19-13-11-17(3)22(19)23(25)28-21(26)14-12-18-9-7-6-8-10-18/h6-10,12,14,16-17,19-20,22-23H,11,13,15H2,1-5H3/b14-12+. The number of carbonyl (C=O) groups is 1. The molecule has 4 rings (SSSR count). The van der Waals surface area contributed by atoms with Gasteiger partial charge in [-0.05, 0) is 49.2 Å². The van der Waals surface area contributed by atoms with Crippen LogP contribution in [-0.2, 0) is 19.0 Å². The smallest absolute Gasteiger partial charge is 0.331 e. The first-order valence-corrected chi connectivity index (χ1v) is 11.0. The molecule has 0 amide bonds. The number of methoxy groups -OCH3 is 1. The van der Waals surface area contributed by atoms with E-state index in [4.69, 9.17) is 14.2 Å². The Bertz CT molecular complexity index is 772. The molecule has 0 aromatic heterocycles. The average Bonchev–Trinajstić information content (AvgIpc) is 3.22. The average molecular weight is 399 g/mol. The molecular formula is C25H34O4. The Morgan fingerprint density at radius 3 is 2.62 bits per heavy atom. The Labute approximate surface area is 174 Å². The van der Waals surface area contributed by atoms with Gasteiger partial charge in [-0.2, -0.15) is 0 Å². The Morgan fingerprint density at radius 1 is 1.24 bits per heavy atom. The van der Waals surface area contributed by atoms with Gasteiger partial charge in [0, 0.05) is 25.5 Å². The number of rotatable bonds is 5. The Morgan fingerprint density at radius 2 is 1.97 bits per heavy atom. The van der Waals surface area contributed by atoms with Gasteiger partial charge in [-0.3, -0.25) is 0 Å². The van der Waals surface area contributed by atoms with Crippen molar-refractivity contribution in [2.45, 2.75) is 70.4 Å². The summed E-state index contributed by atoms with van der Waals surface area (Å²) in [6.07, 6.45) is 6.18. The van der Waals surface area contributed by atoms with E-state index in [-0.39, 0.29) is 29.7 Å². The highest BCUT2D eigenvalue weighted by Crippen LogP contribution is 2.63. The molecule has 3 fully saturated rings. The molecule has 1 aromatic carbocycles. The monoisotopic (exact) mass is 398 g/mol. The second-order valence-electron chi connectivity index (χ2n) is 9.66. The van der Waals surface area contributed by atoms with Gasteiger partial charge in [0.05, 0.1) is 11.7 Å². The summed E-state index contributed by atoms with van der Waals surface area (Å²) in [6.45, 7) is 8.88. The van der Waals surface area contributed by atoms with Gasteiger partial charge >= 0.3 is 5.97 Å². The molecule has 1 aromatic rings. The molecule has 1 saturated carbocycles. The van der Waals surface area contributed by atoms with Crippen LogP contribution < -0.4 is 0 Å². The summed E-state index contributed by atoms with van der Waals surface area (Å²) >= 11 is 0. The SMILES string of the molecule is COC1CC2(C(C)C)OC1(C)C1CCC(C)C1C2OC(=O)/C=C/c1ccccc1. The van der Waals surface area contributed by atoms with Gasteiger partial charge in [0.2, 0.25) is 0 Å². The van der Waals surface area contributed by atoms with Crippen LogP contribution in [-0.4, -0.2) is 36.5 Å². The molecule has 29 heavy (non-hydrogen) atoms. The largest absolute Gasteiger partial charge is 0.456 e. The quantitative estimate of drug-likeness (QED) is 0.524. The maximum atomic E-state index is 12.9. The molecule has 0 radical (unpaired) electrons. The van der Waals surface area contributed by atoms with E-state index in [9.17, 15) is 4.79 Å². The van der Waals surface area contributed by atoms with Crippen LogP contribution >= 0.6 is 0 Å². The van der Waals surface area contributed by atoms with Crippen LogP contribution in [0.25, 0.3) is 6.08 Å². The van der Waals surface area contributed by atoms with Crippen LogP contribution in [0.5, 0.6) is 0 Å². The van der Waals surface area contributed by atoms with Crippen molar-refractivity contribution < 1.29 is 19.0 Å². The molecule has 0 spiro atoms. The minimum absolute atomic E-state index is 0.0336. The van der Waals surface area contributed by atoms with Crippen LogP contribution in [0.4, 0.5) is 0 Å². The molecule has 2 aliphatic heterocycles. The minimum Gasteiger partial charge on any atom is -0.456 e. The van der Waals surface area contributed by atoms with Crippen molar-refractivity contribution in [1.82, 2.24) is 0 Å². The molecule has 2 bridgehead atoms. The van der Waals surface area contributed by atoms with E-state index in [0.717, 1.165) is 24.8 Å². The molecule has 158 valence electrons. The fraction of sp³-hybridized carbons (Fsp3) is 0.640. The molecule has 3 aliphatic rings. The second kappa shape index (κ2) is 7.55. The number of esters is 1. The third-order valence-corrected chi connectivity index (χ3v) is 7.89. The van der Waals surface area contributed by atoms with Crippen molar-refractivity contribution >= 4 is 12.0 Å². The lowest BCUT2D eigenvalue weighted by atomic mass is 9.69. The Hall–Kier alpha value is -1.65. The van der Waals surface area contributed by atoms with Gasteiger partial charge in [-0.1, -0.05) is 51.1 Å². The lowest BCUT2D eigenvalue weighted by Crippen LogP contribution is -2.62. The van der Waals surface area contributed by atoms with Gasteiger partial charge < -0.3 is 14.2 Å². The van der Waals surface area contributed by atoms with Crippen molar-refractivity contribution in [3.8, 4) is 0 Å². The summed E-state index contributed by atoms with van der Waals surface area (Å²) in [5.74, 6) is 1.11. The van der Waals surface area contributed by atoms with E-state index in [1.54, 1.807) is 13.2 Å². The first kappa shape index (κ1) is 20.6. The van der Waals surface area contributed by atoms with E-state index in [1.165, 1.54) is 0 Å². The van der Waals surface area contributed by atoms with Crippen LogP contribution in [0.15, 0.2) is 36.4 Å². The van der Waals surface area contributed by atoms with Crippen LogP contribution in [0, 0.1) is 23.7 Å². The van der Waals surface area contributed by atoms with E-state index >= 15 is 0 Å². The van der Waals surface area contributed by atoms with E-state index in [2.05, 4.69) is 27.7 Å². The highest BCUT2D eigenvalue weighted by Gasteiger charge is 2.71. The Balaban J connectivity index is 1.65. The summed E-state index contributed by atoms with van der Waals surface area (Å²) in [6, 6.07) is 9.84. The fourth-order valence-electron chi connectivity index (χ4n) is 6.30. The molecule has 4 nitrogen and oxygen atoms in total. The predicted molar refractivity (Wildman–Crippen MR) is 113 cm³/mol. The second-order valence-corrected chi connectivity index (χ2v) is 9.66. The third-order valence-electron chi connectivity index (χ3n) is 7.89. The molecule has 7 unspecified atom stereocenters. The van der Waals surface area contributed by atoms with Crippen molar-refractivity contribution in [3.63, 3.8) is 0 Å². The summed E-state index contributed by atoms with van der Waals surface area (Å²) in [5, 5.41) is 0. The third kappa shape index (κ3) is 3.25. The topological polar surface area (TPSA) is 44.8 Å². The number of benzene rings is 1. The molecule has 0 N–H and O–H groups in total. The Kier molecular flexibility index (Phi) is 5.37. The predicted octanol–water partition coefficient (Wildman–Crippen LogP) is 4.88. The van der Waals surface area contributed by atoms with Gasteiger partial charge in [-0.15, -0.1) is 0 Å². The van der Waals surface area contributed by atoms with Crippen molar-refractivity contribution in [2.24, 2.45) is 23.7 Å². The molecule has 2 heterocycles. The zero-order chi connectivity index (χ0) is 20.8. The number of carbonyl (C=O) groups excluding carboxylic acids is 1. The molecule has 4 heteroatoms. The number of ether oxygens (including phenoxy) is 3. The van der Waals surface area contributed by atoms with Crippen molar-refractivity contribution in [1.29, 1.82) is 0 Å². The normalized spacial score (nSPS) is 41.1. The zero-order valence-corrected chi connectivity index (χ0v) is 18.3. The van der Waals surface area contributed by atoms with Gasteiger partial charge in [0.1, 0.15) is 11.7 Å². The van der Waals surface area contributed by atoms with E-state index < -0.39 is 5.60 Å². The highest BCUT2D eigenvalue weighted by atomic mass is 16.6. The number of hydrogen-bond acceptors (Lipinski definition) is 4. The van der Waals surface area contributed by atoms with Crippen molar-refractivity contribution in [3.05, 3.63) is 42.0 Å². The number of hydrogen-bond donors (Lipinski definition) is 0. The van der Waals surface area contributed by atoms with E-state index in [1.807, 2.05) is 36.4 Å². The maximum absolute atomic E-state index is 12.9. The molecule has 2 saturated heterocycles. The summed E-state index contributed by atoms with van der Waals surface area (Å²) in [5.41, 5.74) is 0.186. The van der Waals surface area contributed by atoms with Crippen LogP contribution in [0.1, 0.15) is 52.5 Å². The molecule has 7 atom stereocenters. The lowest BCUT2D eigenvalue weighted by molar-refractivity contribution is -0.264. The van der Waals surface area contributed by atoms with Gasteiger partial charge in [-0.25, -0.2) is 4.79 Å². The minimum atomic E-state index is -0.495. The van der Waals surface area contributed by atoms with E-state index in [0.29, 0.717) is 17.8 Å². The summed E-state index contributed by atoms with van der Waals surface area (Å²) in [4.78, 5) is 12.9. The maximum Gasteiger partial charge on any atom is 0.331 e. The first-order valence-electron chi connectivity index (χ1n) is 11.0. The summed E-state index contributed by atoms with van der Waals surface area (Å²) in [7, 11) is 1.78. The fourth-order valence-corrected chi connectivity index (χ4v) is 6.30.